The fourth-order valence-electron chi connectivity index (χ4n) is 2.11. The number of guanidine groups is 1. The number of nitrogens with one attached hydrogen (secondary N) is 1. The summed E-state index contributed by atoms with van der Waals surface area (Å²) < 4.78 is 29.5. The molecule has 3 N–H and O–H groups in total. The van der Waals surface area contributed by atoms with Crippen LogP contribution in [0.25, 0.3) is 0 Å². The number of halogens is 2. The van der Waals surface area contributed by atoms with Gasteiger partial charge in [0.05, 0.1) is 26.5 Å². The lowest BCUT2D eigenvalue weighted by molar-refractivity contribution is 0.220. The van der Waals surface area contributed by atoms with Crippen LogP contribution in [0.5, 0.6) is 17.2 Å². The quantitative estimate of drug-likeness (QED) is 0.363. The third kappa shape index (κ3) is 6.25. The predicted octanol–water partition coefficient (Wildman–Crippen LogP) is 3.66. The van der Waals surface area contributed by atoms with Crippen molar-refractivity contribution in [3.8, 4) is 17.2 Å². The van der Waals surface area contributed by atoms with Crippen molar-refractivity contribution in [3.05, 3.63) is 48.3 Å². The number of aliphatic imine (C=N–C) groups is 1. The molecule has 0 radical (unpaired) electrons. The van der Waals surface area contributed by atoms with Crippen LogP contribution < -0.4 is 25.3 Å². The van der Waals surface area contributed by atoms with E-state index in [1.165, 1.54) is 6.07 Å². The van der Waals surface area contributed by atoms with Gasteiger partial charge in [-0.2, -0.15) is 0 Å². The molecule has 0 amide bonds. The van der Waals surface area contributed by atoms with Gasteiger partial charge in [0.2, 0.25) is 0 Å². The fourth-order valence-corrected chi connectivity index (χ4v) is 2.11. The fraction of sp³-hybridized carbons (Fsp3) is 0.278. The Morgan fingerprint density at radius 2 is 1.88 bits per heavy atom. The van der Waals surface area contributed by atoms with E-state index in [9.17, 15) is 4.39 Å². The number of rotatable bonds is 7. The molecule has 142 valence electrons. The van der Waals surface area contributed by atoms with Crippen LogP contribution in [0.1, 0.15) is 6.92 Å². The topological polar surface area (TPSA) is 78.1 Å². The lowest BCUT2D eigenvalue weighted by Gasteiger charge is -2.15. The molecule has 26 heavy (non-hydrogen) atoms. The maximum absolute atomic E-state index is 13.6. The minimum atomic E-state index is -0.412. The summed E-state index contributed by atoms with van der Waals surface area (Å²) in [4.78, 5) is 4.22. The summed E-state index contributed by atoms with van der Waals surface area (Å²) in [6.07, 6.45) is -0.343. The minimum Gasteiger partial charge on any atom is -0.497 e. The number of nitrogens with two attached hydrogens (primary N) is 1. The summed E-state index contributed by atoms with van der Waals surface area (Å²) in [6.45, 7) is 2.05. The van der Waals surface area contributed by atoms with Gasteiger partial charge in [-0.25, -0.2) is 9.38 Å². The monoisotopic (exact) mass is 475 g/mol. The van der Waals surface area contributed by atoms with Crippen molar-refractivity contribution in [1.29, 1.82) is 0 Å². The molecule has 0 spiro atoms. The van der Waals surface area contributed by atoms with Crippen molar-refractivity contribution >= 4 is 35.6 Å². The Hall–Kier alpha value is -2.23. The van der Waals surface area contributed by atoms with Gasteiger partial charge >= 0.3 is 0 Å². The molecule has 0 heterocycles. The van der Waals surface area contributed by atoms with Crippen LogP contribution in [-0.2, 0) is 0 Å². The van der Waals surface area contributed by atoms with Gasteiger partial charge in [0.15, 0.2) is 17.5 Å². The Balaban J connectivity index is 0.00000338. The molecular formula is C18H23FIN3O3. The number of hydrogen-bond acceptors (Lipinski definition) is 4. The van der Waals surface area contributed by atoms with Gasteiger partial charge in [-0.1, -0.05) is 12.1 Å². The number of benzene rings is 2. The number of hydrogen-bond donors (Lipinski definition) is 2. The molecule has 2 aromatic carbocycles. The third-order valence-electron chi connectivity index (χ3n) is 3.35. The Kier molecular flexibility index (Phi) is 8.97. The zero-order valence-electron chi connectivity index (χ0n) is 14.9. The molecule has 0 aliphatic carbocycles. The second-order valence-corrected chi connectivity index (χ2v) is 5.28. The summed E-state index contributed by atoms with van der Waals surface area (Å²) in [6, 6.07) is 11.5. The van der Waals surface area contributed by atoms with E-state index in [0.29, 0.717) is 17.2 Å². The van der Waals surface area contributed by atoms with Crippen LogP contribution in [0, 0.1) is 5.82 Å². The third-order valence-corrected chi connectivity index (χ3v) is 3.35. The number of methoxy groups -OCH3 is 2. The molecule has 8 heteroatoms. The van der Waals surface area contributed by atoms with Crippen LogP contribution in [0.15, 0.2) is 47.5 Å². The molecule has 2 aromatic rings. The number of nitrogens with zero attached hydrogens (tertiary/aromatic N) is 1. The van der Waals surface area contributed by atoms with Gasteiger partial charge in [0.1, 0.15) is 17.6 Å². The second kappa shape index (κ2) is 10.7. The van der Waals surface area contributed by atoms with Crippen LogP contribution in [0.4, 0.5) is 10.1 Å². The first-order valence-electron chi connectivity index (χ1n) is 7.73. The van der Waals surface area contributed by atoms with Crippen LogP contribution in [0.2, 0.25) is 0 Å². The standard InChI is InChI=1S/C18H22FN3O3.HI/c1-12(25-16-7-5-4-6-14(16)19)11-21-18(20)22-15-10-13(23-2)8-9-17(15)24-3;/h4-10,12H,11H2,1-3H3,(H3,20,21,22);1H. The number of anilines is 1. The van der Waals surface area contributed by atoms with E-state index in [4.69, 9.17) is 19.9 Å². The van der Waals surface area contributed by atoms with E-state index in [1.807, 2.05) is 0 Å². The van der Waals surface area contributed by atoms with E-state index in [1.54, 1.807) is 57.5 Å². The number of para-hydroxylation sites is 1. The highest BCUT2D eigenvalue weighted by atomic mass is 127. The average molecular weight is 475 g/mol. The maximum atomic E-state index is 13.6. The molecule has 0 bridgehead atoms. The lowest BCUT2D eigenvalue weighted by atomic mass is 10.2. The highest BCUT2D eigenvalue weighted by Crippen LogP contribution is 2.28. The van der Waals surface area contributed by atoms with Crippen molar-refractivity contribution < 1.29 is 18.6 Å². The SMILES string of the molecule is COc1ccc(OC)c(NC(N)=NCC(C)Oc2ccccc2F)c1.I. The Morgan fingerprint density at radius 3 is 2.54 bits per heavy atom. The van der Waals surface area contributed by atoms with E-state index >= 15 is 0 Å². The predicted molar refractivity (Wildman–Crippen MR) is 112 cm³/mol. The minimum absolute atomic E-state index is 0. The number of ether oxygens (including phenoxy) is 3. The van der Waals surface area contributed by atoms with E-state index in [-0.39, 0.29) is 48.3 Å². The molecule has 0 saturated heterocycles. The first kappa shape index (κ1) is 21.8. The zero-order chi connectivity index (χ0) is 18.2. The van der Waals surface area contributed by atoms with Crippen LogP contribution in [0.3, 0.4) is 0 Å². The van der Waals surface area contributed by atoms with Crippen molar-refractivity contribution in [2.45, 2.75) is 13.0 Å². The molecule has 1 atom stereocenters. The molecule has 6 nitrogen and oxygen atoms in total. The van der Waals surface area contributed by atoms with Gasteiger partial charge in [0.25, 0.3) is 0 Å². The summed E-state index contributed by atoms with van der Waals surface area (Å²) in [5, 5.41) is 2.96. The second-order valence-electron chi connectivity index (χ2n) is 5.28. The largest absolute Gasteiger partial charge is 0.497 e. The van der Waals surface area contributed by atoms with Gasteiger partial charge < -0.3 is 25.3 Å². The summed E-state index contributed by atoms with van der Waals surface area (Å²) in [7, 11) is 3.13. The maximum Gasteiger partial charge on any atom is 0.193 e. The first-order valence-corrected chi connectivity index (χ1v) is 7.73. The first-order chi connectivity index (χ1) is 12.0. The molecule has 0 fully saturated rings. The van der Waals surface area contributed by atoms with Gasteiger partial charge in [0, 0.05) is 6.07 Å². The zero-order valence-corrected chi connectivity index (χ0v) is 17.2. The average Bonchev–Trinajstić information content (AvgIpc) is 2.62. The molecule has 0 aliphatic heterocycles. The van der Waals surface area contributed by atoms with Crippen molar-refractivity contribution in [2.75, 3.05) is 26.1 Å². The van der Waals surface area contributed by atoms with Gasteiger partial charge in [-0.15, -0.1) is 24.0 Å². The van der Waals surface area contributed by atoms with Crippen LogP contribution in [-0.4, -0.2) is 32.8 Å². The van der Waals surface area contributed by atoms with Crippen molar-refractivity contribution in [3.63, 3.8) is 0 Å². The normalized spacial score (nSPS) is 11.9. The summed E-state index contributed by atoms with van der Waals surface area (Å²) in [5.41, 5.74) is 6.54. The Labute approximate surface area is 169 Å². The van der Waals surface area contributed by atoms with E-state index in [2.05, 4.69) is 10.3 Å². The molecule has 0 aliphatic rings. The molecule has 1 unspecified atom stereocenters. The molecule has 0 aromatic heterocycles. The summed E-state index contributed by atoms with van der Waals surface area (Å²) >= 11 is 0. The highest BCUT2D eigenvalue weighted by molar-refractivity contribution is 14.0. The summed E-state index contributed by atoms with van der Waals surface area (Å²) in [5.74, 6) is 1.23. The Morgan fingerprint density at radius 1 is 1.15 bits per heavy atom. The molecular weight excluding hydrogens is 452 g/mol. The van der Waals surface area contributed by atoms with Gasteiger partial charge in [-0.3, -0.25) is 0 Å². The smallest absolute Gasteiger partial charge is 0.193 e. The van der Waals surface area contributed by atoms with E-state index in [0.717, 1.165) is 0 Å². The van der Waals surface area contributed by atoms with Crippen molar-refractivity contribution in [1.82, 2.24) is 0 Å². The Bertz CT molecular complexity index is 743. The van der Waals surface area contributed by atoms with E-state index < -0.39 is 5.82 Å². The van der Waals surface area contributed by atoms with Gasteiger partial charge in [-0.05, 0) is 31.2 Å². The van der Waals surface area contributed by atoms with Crippen molar-refractivity contribution in [2.24, 2.45) is 10.7 Å². The highest BCUT2D eigenvalue weighted by Gasteiger charge is 2.09. The molecule has 2 rings (SSSR count). The van der Waals surface area contributed by atoms with Crippen LogP contribution >= 0.6 is 24.0 Å². The lowest BCUT2D eigenvalue weighted by Crippen LogP contribution is -2.26. The molecule has 0 saturated carbocycles.